The van der Waals surface area contributed by atoms with Crippen molar-refractivity contribution >= 4 is 5.91 Å². The molecule has 2 aromatic heterocycles. The molecule has 0 radical (unpaired) electrons. The maximum absolute atomic E-state index is 12.5. The molecule has 0 spiro atoms. The highest BCUT2D eigenvalue weighted by Crippen LogP contribution is 2.28. The first-order valence-electron chi connectivity index (χ1n) is 7.37. The predicted octanol–water partition coefficient (Wildman–Crippen LogP) is 1.70. The second-order valence-electron chi connectivity index (χ2n) is 5.47. The number of aliphatic hydroxyl groups is 1. The average Bonchev–Trinajstić information content (AvgIpc) is 3.18. The lowest BCUT2D eigenvalue weighted by molar-refractivity contribution is 0.0639. The molecule has 6 nitrogen and oxygen atoms in total. The van der Waals surface area contributed by atoms with Crippen LogP contribution in [0.25, 0.3) is 0 Å². The standard InChI is InChI=1S/C16H18N2O4/c19-13(14-6-3-9-22-14)10-11-4-2-8-18(11)16(21)12-5-1-7-17-15(12)20/h1,3,5-7,9,11,13,19H,2,4,8,10H2,(H,17,20). The third-order valence-electron chi connectivity index (χ3n) is 4.05. The summed E-state index contributed by atoms with van der Waals surface area (Å²) in [5.41, 5.74) is -0.244. The van der Waals surface area contributed by atoms with E-state index in [4.69, 9.17) is 4.42 Å². The summed E-state index contributed by atoms with van der Waals surface area (Å²) in [6.45, 7) is 0.600. The Morgan fingerprint density at radius 2 is 2.32 bits per heavy atom. The Kier molecular flexibility index (Phi) is 4.11. The fourth-order valence-corrected chi connectivity index (χ4v) is 2.95. The highest BCUT2D eigenvalue weighted by molar-refractivity contribution is 5.94. The van der Waals surface area contributed by atoms with Gasteiger partial charge in [0.25, 0.3) is 11.5 Å². The van der Waals surface area contributed by atoms with E-state index in [-0.39, 0.29) is 23.1 Å². The van der Waals surface area contributed by atoms with E-state index in [2.05, 4.69) is 4.98 Å². The van der Waals surface area contributed by atoms with Crippen LogP contribution in [0, 0.1) is 0 Å². The van der Waals surface area contributed by atoms with Gasteiger partial charge in [-0.25, -0.2) is 0 Å². The fourth-order valence-electron chi connectivity index (χ4n) is 2.95. The summed E-state index contributed by atoms with van der Waals surface area (Å²) in [4.78, 5) is 28.5. The molecule has 3 heterocycles. The van der Waals surface area contributed by atoms with Crippen molar-refractivity contribution < 1.29 is 14.3 Å². The summed E-state index contributed by atoms with van der Waals surface area (Å²) in [5, 5.41) is 10.2. The zero-order chi connectivity index (χ0) is 15.5. The van der Waals surface area contributed by atoms with Gasteiger partial charge in [-0.2, -0.15) is 0 Å². The number of hydrogen-bond donors (Lipinski definition) is 2. The van der Waals surface area contributed by atoms with Crippen LogP contribution in [-0.4, -0.2) is 33.5 Å². The molecular weight excluding hydrogens is 284 g/mol. The highest BCUT2D eigenvalue weighted by Gasteiger charge is 2.32. The fraction of sp³-hybridized carbons (Fsp3) is 0.375. The van der Waals surface area contributed by atoms with Gasteiger partial charge < -0.3 is 19.4 Å². The molecule has 116 valence electrons. The van der Waals surface area contributed by atoms with Crippen molar-refractivity contribution in [1.82, 2.24) is 9.88 Å². The van der Waals surface area contributed by atoms with Gasteiger partial charge in [0.05, 0.1) is 6.26 Å². The quantitative estimate of drug-likeness (QED) is 0.900. The van der Waals surface area contributed by atoms with E-state index < -0.39 is 6.10 Å². The average molecular weight is 302 g/mol. The van der Waals surface area contributed by atoms with E-state index in [1.807, 2.05) is 0 Å². The van der Waals surface area contributed by atoms with Crippen LogP contribution in [0.1, 0.15) is 41.5 Å². The Labute approximate surface area is 127 Å². The normalized spacial score (nSPS) is 19.3. The Balaban J connectivity index is 1.74. The minimum Gasteiger partial charge on any atom is -0.467 e. The van der Waals surface area contributed by atoms with Crippen LogP contribution < -0.4 is 5.56 Å². The van der Waals surface area contributed by atoms with Crippen molar-refractivity contribution in [3.63, 3.8) is 0 Å². The number of nitrogens with zero attached hydrogens (tertiary/aromatic N) is 1. The van der Waals surface area contributed by atoms with Gasteiger partial charge in [0.15, 0.2) is 0 Å². The molecule has 1 amide bonds. The first-order valence-corrected chi connectivity index (χ1v) is 7.37. The van der Waals surface area contributed by atoms with Gasteiger partial charge in [-0.3, -0.25) is 9.59 Å². The monoisotopic (exact) mass is 302 g/mol. The number of amides is 1. The molecule has 0 aromatic carbocycles. The smallest absolute Gasteiger partial charge is 0.260 e. The van der Waals surface area contributed by atoms with E-state index in [0.29, 0.717) is 18.7 Å². The molecule has 1 aliphatic heterocycles. The minimum absolute atomic E-state index is 0.0905. The van der Waals surface area contributed by atoms with Crippen molar-refractivity contribution in [2.45, 2.75) is 31.4 Å². The summed E-state index contributed by atoms with van der Waals surface area (Å²) >= 11 is 0. The summed E-state index contributed by atoms with van der Waals surface area (Å²) in [5.74, 6) is 0.216. The minimum atomic E-state index is -0.748. The molecule has 1 aliphatic rings. The molecule has 2 unspecified atom stereocenters. The lowest BCUT2D eigenvalue weighted by Crippen LogP contribution is -2.38. The van der Waals surface area contributed by atoms with Gasteiger partial charge in [0, 0.05) is 25.2 Å². The molecule has 0 aliphatic carbocycles. The van der Waals surface area contributed by atoms with Crippen molar-refractivity contribution in [2.24, 2.45) is 0 Å². The summed E-state index contributed by atoms with van der Waals surface area (Å²) in [6.07, 6.45) is 4.35. The molecule has 0 bridgehead atoms. The maximum atomic E-state index is 12.5. The van der Waals surface area contributed by atoms with Crippen LogP contribution >= 0.6 is 0 Å². The number of furan rings is 1. The summed E-state index contributed by atoms with van der Waals surface area (Å²) < 4.78 is 5.20. The van der Waals surface area contributed by atoms with Crippen molar-refractivity contribution in [2.75, 3.05) is 6.54 Å². The van der Waals surface area contributed by atoms with Crippen LogP contribution in [0.2, 0.25) is 0 Å². The van der Waals surface area contributed by atoms with Crippen LogP contribution in [0.4, 0.5) is 0 Å². The molecule has 6 heteroatoms. The third kappa shape index (κ3) is 2.82. The number of rotatable bonds is 4. The number of hydrogen-bond acceptors (Lipinski definition) is 4. The summed E-state index contributed by atoms with van der Waals surface area (Å²) in [7, 11) is 0. The Morgan fingerprint density at radius 1 is 1.45 bits per heavy atom. The molecule has 2 N–H and O–H groups in total. The first-order chi connectivity index (χ1) is 10.7. The molecular formula is C16H18N2O4. The topological polar surface area (TPSA) is 86.5 Å². The number of carbonyl (C=O) groups excluding carboxylic acids is 1. The van der Waals surface area contributed by atoms with Crippen LogP contribution in [0.15, 0.2) is 45.9 Å². The lowest BCUT2D eigenvalue weighted by Gasteiger charge is -2.25. The third-order valence-corrected chi connectivity index (χ3v) is 4.05. The number of aromatic nitrogens is 1. The zero-order valence-corrected chi connectivity index (χ0v) is 12.1. The largest absolute Gasteiger partial charge is 0.467 e. The van der Waals surface area contributed by atoms with Gasteiger partial charge in [-0.05, 0) is 37.1 Å². The van der Waals surface area contributed by atoms with Crippen molar-refractivity contribution in [3.8, 4) is 0 Å². The van der Waals surface area contributed by atoms with Gasteiger partial charge >= 0.3 is 0 Å². The summed E-state index contributed by atoms with van der Waals surface area (Å²) in [6, 6.07) is 6.51. The number of nitrogens with one attached hydrogen (secondary N) is 1. The van der Waals surface area contributed by atoms with Gasteiger partial charge in [-0.15, -0.1) is 0 Å². The number of likely N-dealkylation sites (tertiary alicyclic amines) is 1. The van der Waals surface area contributed by atoms with Crippen molar-refractivity contribution in [1.29, 1.82) is 0 Å². The van der Waals surface area contributed by atoms with Gasteiger partial charge in [0.1, 0.15) is 17.4 Å². The second kappa shape index (κ2) is 6.19. The van der Waals surface area contributed by atoms with Gasteiger partial charge in [-0.1, -0.05) is 0 Å². The van der Waals surface area contributed by atoms with Crippen LogP contribution in [0.5, 0.6) is 0 Å². The van der Waals surface area contributed by atoms with Crippen LogP contribution in [0.3, 0.4) is 0 Å². The Morgan fingerprint density at radius 3 is 3.05 bits per heavy atom. The highest BCUT2D eigenvalue weighted by atomic mass is 16.4. The Bertz CT molecular complexity index is 692. The number of aliphatic hydroxyl groups excluding tert-OH is 1. The maximum Gasteiger partial charge on any atom is 0.260 e. The second-order valence-corrected chi connectivity index (χ2v) is 5.47. The molecule has 1 fully saturated rings. The molecule has 0 saturated carbocycles. The Hall–Kier alpha value is -2.34. The first kappa shape index (κ1) is 14.6. The molecule has 2 atom stereocenters. The van der Waals surface area contributed by atoms with Crippen LogP contribution in [-0.2, 0) is 0 Å². The van der Waals surface area contributed by atoms with Crippen molar-refractivity contribution in [3.05, 3.63) is 58.4 Å². The van der Waals surface area contributed by atoms with E-state index in [0.717, 1.165) is 12.8 Å². The van der Waals surface area contributed by atoms with E-state index in [1.165, 1.54) is 18.5 Å². The number of H-pyrrole nitrogens is 1. The molecule has 1 saturated heterocycles. The predicted molar refractivity (Wildman–Crippen MR) is 79.4 cm³/mol. The van der Waals surface area contributed by atoms with E-state index >= 15 is 0 Å². The molecule has 3 rings (SSSR count). The SMILES string of the molecule is O=C(c1ccc[nH]c1=O)N1CCCC1CC(O)c1ccco1. The molecule has 22 heavy (non-hydrogen) atoms. The number of pyridine rings is 1. The van der Waals surface area contributed by atoms with Gasteiger partial charge in [0.2, 0.25) is 0 Å². The zero-order valence-electron chi connectivity index (χ0n) is 12.1. The van der Waals surface area contributed by atoms with E-state index in [9.17, 15) is 14.7 Å². The lowest BCUT2D eigenvalue weighted by atomic mass is 10.0. The number of carbonyl (C=O) groups is 1. The molecule has 2 aromatic rings. The van der Waals surface area contributed by atoms with E-state index in [1.54, 1.807) is 23.1 Å². The number of aromatic amines is 1.